The molecule has 0 aliphatic carbocycles. The van der Waals surface area contributed by atoms with Crippen LogP contribution in [0.5, 0.6) is 0 Å². The molecule has 1 aromatic heterocycles. The second kappa shape index (κ2) is 5.38. The van der Waals surface area contributed by atoms with Crippen molar-refractivity contribution in [2.75, 3.05) is 6.61 Å². The van der Waals surface area contributed by atoms with E-state index in [2.05, 4.69) is 12.2 Å². The quantitative estimate of drug-likeness (QED) is 0.428. The molecule has 1 aliphatic heterocycles. The molecule has 0 bridgehead atoms. The monoisotopic (exact) mass is 346 g/mol. The lowest BCUT2D eigenvalue weighted by Crippen LogP contribution is -2.58. The maximum Gasteiger partial charge on any atom is 0.424 e. The van der Waals surface area contributed by atoms with Gasteiger partial charge in [-0.25, -0.2) is 9.18 Å². The van der Waals surface area contributed by atoms with Crippen molar-refractivity contribution in [1.82, 2.24) is 9.55 Å². The van der Waals surface area contributed by atoms with Crippen LogP contribution < -0.4 is 5.69 Å². The van der Waals surface area contributed by atoms with Gasteiger partial charge in [-0.2, -0.15) is 13.2 Å². The lowest BCUT2D eigenvalue weighted by molar-refractivity contribution is -0.304. The Morgan fingerprint density at radius 3 is 2.59 bits per heavy atom. The van der Waals surface area contributed by atoms with Crippen molar-refractivity contribution in [2.24, 2.45) is 0 Å². The molecule has 7 nitrogen and oxygen atoms in total. The van der Waals surface area contributed by atoms with E-state index in [1.165, 1.54) is 0 Å². The van der Waals surface area contributed by atoms with Crippen LogP contribution in [-0.4, -0.2) is 55.5 Å². The summed E-state index contributed by atoms with van der Waals surface area (Å²) in [5.74, 6) is -1.23. The largest absolute Gasteiger partial charge is 0.424 e. The van der Waals surface area contributed by atoms with Crippen LogP contribution in [0.15, 0.2) is 11.0 Å². The van der Waals surface area contributed by atoms with Crippen molar-refractivity contribution in [1.29, 1.82) is 0 Å². The first-order chi connectivity index (χ1) is 10.0. The van der Waals surface area contributed by atoms with E-state index in [4.69, 9.17) is 9.84 Å². The van der Waals surface area contributed by atoms with Gasteiger partial charge in [-0.3, -0.25) is 9.55 Å². The third-order valence-corrected chi connectivity index (χ3v) is 3.59. The van der Waals surface area contributed by atoms with Gasteiger partial charge in [-0.15, -0.1) is 0 Å². The first-order valence-electron chi connectivity index (χ1n) is 5.78. The Hall–Kier alpha value is -1.34. The number of nitrogens with zero attached hydrogens (tertiary/aromatic N) is 1. The van der Waals surface area contributed by atoms with Gasteiger partial charge in [0.05, 0.1) is 12.8 Å². The molecular weight excluding hydrogens is 336 g/mol. The zero-order valence-electron chi connectivity index (χ0n) is 10.5. The van der Waals surface area contributed by atoms with E-state index < -0.39 is 53.0 Å². The van der Waals surface area contributed by atoms with Crippen molar-refractivity contribution < 1.29 is 37.6 Å². The molecule has 0 spiro atoms. The molecular formula is C10H10F4N2O5S. The number of halogens is 4. The maximum atomic E-state index is 13.4. The molecule has 2 heterocycles. The van der Waals surface area contributed by atoms with Crippen LogP contribution in [-0.2, 0) is 4.74 Å². The lowest BCUT2D eigenvalue weighted by Gasteiger charge is -2.33. The van der Waals surface area contributed by atoms with Crippen LogP contribution in [0.25, 0.3) is 0 Å². The van der Waals surface area contributed by atoms with Crippen molar-refractivity contribution in [3.63, 3.8) is 0 Å². The Labute approximate surface area is 124 Å². The van der Waals surface area contributed by atoms with E-state index in [0.29, 0.717) is 6.20 Å². The fraction of sp³-hybridized carbons (Fsp3) is 0.600. The van der Waals surface area contributed by atoms with Crippen LogP contribution in [0.2, 0.25) is 0 Å². The van der Waals surface area contributed by atoms with E-state index >= 15 is 0 Å². The summed E-state index contributed by atoms with van der Waals surface area (Å²) in [5, 5.41) is 28.4. The van der Waals surface area contributed by atoms with Gasteiger partial charge in [-0.1, -0.05) is 12.2 Å². The molecule has 4 atom stereocenters. The maximum absolute atomic E-state index is 13.4. The van der Waals surface area contributed by atoms with Crippen LogP contribution in [0, 0.1) is 10.5 Å². The Kier molecular flexibility index (Phi) is 4.16. The molecule has 1 aliphatic rings. The van der Waals surface area contributed by atoms with Gasteiger partial charge >= 0.3 is 11.9 Å². The van der Waals surface area contributed by atoms with Crippen LogP contribution in [0.4, 0.5) is 17.6 Å². The molecule has 22 heavy (non-hydrogen) atoms. The minimum atomic E-state index is -5.43. The Morgan fingerprint density at radius 1 is 1.50 bits per heavy atom. The minimum absolute atomic E-state index is 0.0809. The van der Waals surface area contributed by atoms with Crippen molar-refractivity contribution in [2.45, 2.75) is 30.2 Å². The number of alkyl halides is 3. The zero-order chi connectivity index (χ0) is 16.9. The SMILES string of the molecule is O=c1[nH]c(=S)c(F)cn1C1OC(CO)C(O)C1(O)C(F)(F)F. The fourth-order valence-electron chi connectivity index (χ4n) is 2.14. The molecule has 0 saturated carbocycles. The molecule has 1 fully saturated rings. The third-order valence-electron chi connectivity index (χ3n) is 3.29. The summed E-state index contributed by atoms with van der Waals surface area (Å²) in [4.78, 5) is 13.4. The normalized spacial score (nSPS) is 32.4. The summed E-state index contributed by atoms with van der Waals surface area (Å²) in [6, 6.07) is 0. The number of hydrogen-bond acceptors (Lipinski definition) is 6. The molecule has 1 aromatic rings. The molecule has 4 N–H and O–H groups in total. The number of H-pyrrole nitrogens is 1. The topological polar surface area (TPSA) is 108 Å². The highest BCUT2D eigenvalue weighted by Gasteiger charge is 2.70. The zero-order valence-corrected chi connectivity index (χ0v) is 11.4. The first kappa shape index (κ1) is 17.0. The summed E-state index contributed by atoms with van der Waals surface area (Å²) in [6.07, 6.45) is -12.0. The average Bonchev–Trinajstić information content (AvgIpc) is 2.67. The minimum Gasteiger partial charge on any atom is -0.394 e. The highest BCUT2D eigenvalue weighted by Crippen LogP contribution is 2.47. The number of ether oxygens (including phenoxy) is 1. The predicted octanol–water partition coefficient (Wildman–Crippen LogP) is -0.411. The van der Waals surface area contributed by atoms with Crippen molar-refractivity contribution in [3.8, 4) is 0 Å². The number of aliphatic hydroxyl groups is 3. The van der Waals surface area contributed by atoms with Gasteiger partial charge in [0.15, 0.2) is 12.0 Å². The number of nitrogens with one attached hydrogen (secondary N) is 1. The lowest BCUT2D eigenvalue weighted by atomic mass is 9.93. The van der Waals surface area contributed by atoms with E-state index in [9.17, 15) is 32.6 Å². The molecule has 12 heteroatoms. The van der Waals surface area contributed by atoms with Gasteiger partial charge in [0.1, 0.15) is 16.8 Å². The summed E-state index contributed by atoms with van der Waals surface area (Å²) in [6.45, 7) is -1.06. The van der Waals surface area contributed by atoms with Crippen molar-refractivity contribution in [3.05, 3.63) is 27.1 Å². The Bertz CT molecular complexity index is 689. The summed E-state index contributed by atoms with van der Waals surface area (Å²) < 4.78 is 57.0. The van der Waals surface area contributed by atoms with Gasteiger partial charge < -0.3 is 20.1 Å². The van der Waals surface area contributed by atoms with Crippen LogP contribution in [0.3, 0.4) is 0 Å². The third kappa shape index (κ3) is 2.36. The van der Waals surface area contributed by atoms with Gasteiger partial charge in [0.2, 0.25) is 5.60 Å². The molecule has 124 valence electrons. The number of rotatable bonds is 2. The molecule has 0 amide bonds. The smallest absolute Gasteiger partial charge is 0.394 e. The molecule has 2 rings (SSSR count). The van der Waals surface area contributed by atoms with E-state index in [0.717, 1.165) is 0 Å². The summed E-state index contributed by atoms with van der Waals surface area (Å²) >= 11 is 4.42. The predicted molar refractivity (Wildman–Crippen MR) is 63.9 cm³/mol. The average molecular weight is 346 g/mol. The van der Waals surface area contributed by atoms with Crippen LogP contribution >= 0.6 is 12.2 Å². The van der Waals surface area contributed by atoms with Gasteiger partial charge in [0.25, 0.3) is 0 Å². The second-order valence-electron chi connectivity index (χ2n) is 4.62. The standard InChI is InChI=1S/C10H10F4N2O5S/c11-3-1-16(8(19)15-6(3)22)7-9(20,10(12,13)14)5(18)4(2-17)21-7/h1,4-5,7,17-18,20H,2H2,(H,15,19,22). The molecule has 4 unspecified atom stereocenters. The second-order valence-corrected chi connectivity index (χ2v) is 5.03. The summed E-state index contributed by atoms with van der Waals surface area (Å²) in [5.41, 5.74) is -5.21. The number of aromatic amines is 1. The fourth-order valence-corrected chi connectivity index (χ4v) is 2.28. The Morgan fingerprint density at radius 2 is 2.09 bits per heavy atom. The van der Waals surface area contributed by atoms with E-state index in [-0.39, 0.29) is 4.57 Å². The highest BCUT2D eigenvalue weighted by molar-refractivity contribution is 7.71. The van der Waals surface area contributed by atoms with Crippen molar-refractivity contribution >= 4 is 12.2 Å². The Balaban J connectivity index is 2.65. The molecule has 0 aromatic carbocycles. The number of aliphatic hydroxyl groups excluding tert-OH is 2. The number of hydrogen-bond donors (Lipinski definition) is 4. The first-order valence-corrected chi connectivity index (χ1v) is 6.19. The van der Waals surface area contributed by atoms with E-state index in [1.807, 2.05) is 0 Å². The van der Waals surface area contributed by atoms with E-state index in [1.54, 1.807) is 4.98 Å². The molecule has 1 saturated heterocycles. The van der Waals surface area contributed by atoms with Crippen LogP contribution in [0.1, 0.15) is 6.23 Å². The van der Waals surface area contributed by atoms with Gasteiger partial charge in [0, 0.05) is 0 Å². The summed E-state index contributed by atoms with van der Waals surface area (Å²) in [7, 11) is 0. The van der Waals surface area contributed by atoms with Gasteiger partial charge in [-0.05, 0) is 0 Å². The molecule has 0 radical (unpaired) electrons. The number of aromatic nitrogens is 2. The highest BCUT2D eigenvalue weighted by atomic mass is 32.1.